The molecule has 0 radical (unpaired) electrons. The minimum atomic E-state index is -0.463. The first kappa shape index (κ1) is 18.2. The van der Waals surface area contributed by atoms with E-state index in [0.717, 1.165) is 5.69 Å². The van der Waals surface area contributed by atoms with Gasteiger partial charge in [0.15, 0.2) is 11.5 Å². The van der Waals surface area contributed by atoms with Crippen molar-refractivity contribution in [2.45, 2.75) is 46.0 Å². The maximum absolute atomic E-state index is 13.1. The number of fused-ring (bicyclic) bond motifs is 1. The van der Waals surface area contributed by atoms with Crippen molar-refractivity contribution >= 4 is 5.78 Å². The molecule has 0 fully saturated rings. The summed E-state index contributed by atoms with van der Waals surface area (Å²) in [6.07, 6.45) is 1.88. The summed E-state index contributed by atoms with van der Waals surface area (Å²) in [5.41, 5.74) is 3.28. The third kappa shape index (κ3) is 2.77. The zero-order chi connectivity index (χ0) is 20.1. The lowest BCUT2D eigenvalue weighted by Gasteiger charge is -2.34. The van der Waals surface area contributed by atoms with Gasteiger partial charge in [-0.1, -0.05) is 39.8 Å². The van der Waals surface area contributed by atoms with Crippen molar-refractivity contribution in [1.82, 2.24) is 9.78 Å². The molecule has 3 aromatic rings. The maximum atomic E-state index is 13.1. The second-order valence-electron chi connectivity index (χ2n) is 8.39. The van der Waals surface area contributed by atoms with E-state index in [-0.39, 0.29) is 5.78 Å². The fourth-order valence-corrected chi connectivity index (χ4v) is 3.97. The summed E-state index contributed by atoms with van der Waals surface area (Å²) in [6.45, 7) is 8.22. The predicted molar refractivity (Wildman–Crippen MR) is 106 cm³/mol. The van der Waals surface area contributed by atoms with Crippen molar-refractivity contribution in [2.75, 3.05) is 0 Å². The highest BCUT2D eigenvalue weighted by Gasteiger charge is 2.45. The van der Waals surface area contributed by atoms with Gasteiger partial charge in [0, 0.05) is 6.42 Å². The van der Waals surface area contributed by atoms with Gasteiger partial charge >= 0.3 is 0 Å². The fourth-order valence-electron chi connectivity index (χ4n) is 3.97. The molecule has 0 spiro atoms. The lowest BCUT2D eigenvalue weighted by atomic mass is 9.68. The highest BCUT2D eigenvalue weighted by Crippen LogP contribution is 2.47. The van der Waals surface area contributed by atoms with Crippen LogP contribution in [0.3, 0.4) is 0 Å². The quantitative estimate of drug-likeness (QED) is 0.610. The lowest BCUT2D eigenvalue weighted by Crippen LogP contribution is -2.32. The molecule has 1 unspecified atom stereocenters. The van der Waals surface area contributed by atoms with E-state index in [4.69, 9.17) is 9.52 Å². The number of furan rings is 1. The highest BCUT2D eigenvalue weighted by atomic mass is 16.3. The molecule has 0 saturated heterocycles. The van der Waals surface area contributed by atoms with Gasteiger partial charge in [-0.05, 0) is 41.2 Å². The molecule has 5 nitrogen and oxygen atoms in total. The van der Waals surface area contributed by atoms with Crippen molar-refractivity contribution in [3.05, 3.63) is 59.5 Å². The summed E-state index contributed by atoms with van der Waals surface area (Å²) in [4.78, 5) is 13.1. The number of benzene rings is 1. The minimum absolute atomic E-state index is 0.00273. The molecule has 1 aliphatic carbocycles. The first-order valence-electron chi connectivity index (χ1n) is 9.53. The van der Waals surface area contributed by atoms with Gasteiger partial charge in [0.05, 0.1) is 35.2 Å². The number of aromatic nitrogens is 2. The number of nitrogens with zero attached hydrogens (tertiary/aromatic N) is 3. The molecule has 1 aliphatic rings. The Kier molecular flexibility index (Phi) is 4.23. The van der Waals surface area contributed by atoms with E-state index in [0.29, 0.717) is 35.1 Å². The van der Waals surface area contributed by atoms with E-state index in [2.05, 4.69) is 32.0 Å². The average molecular weight is 373 g/mol. The molecule has 0 amide bonds. The highest BCUT2D eigenvalue weighted by molar-refractivity contribution is 6.04. The fraction of sp³-hybridized carbons (Fsp3) is 0.348. The van der Waals surface area contributed by atoms with Crippen molar-refractivity contribution < 1.29 is 9.21 Å². The standard InChI is InChI=1S/C23H23N3O2/c1-14(2)15-7-9-16(10-8-15)26-22-17(13-24)23(3,4)12-18(27)20(22)21(25-26)19-6-5-11-28-19/h5-11,14,17H,12H2,1-4H3. The van der Waals surface area contributed by atoms with E-state index in [1.165, 1.54) is 5.56 Å². The van der Waals surface area contributed by atoms with Crippen molar-refractivity contribution in [3.63, 3.8) is 0 Å². The Balaban J connectivity index is 1.98. The summed E-state index contributed by atoms with van der Waals surface area (Å²) >= 11 is 0. The van der Waals surface area contributed by atoms with Crippen LogP contribution in [0, 0.1) is 16.7 Å². The normalized spacial score (nSPS) is 18.1. The van der Waals surface area contributed by atoms with Crippen molar-refractivity contribution in [3.8, 4) is 23.2 Å². The molecule has 0 N–H and O–H groups in total. The number of hydrogen-bond donors (Lipinski definition) is 0. The number of rotatable bonds is 3. The van der Waals surface area contributed by atoms with Gasteiger partial charge in [-0.3, -0.25) is 4.79 Å². The molecule has 0 bridgehead atoms. The average Bonchev–Trinajstić information content (AvgIpc) is 3.29. The van der Waals surface area contributed by atoms with Gasteiger partial charge in [0.1, 0.15) is 5.69 Å². The zero-order valence-corrected chi connectivity index (χ0v) is 16.6. The van der Waals surface area contributed by atoms with Crippen LogP contribution < -0.4 is 0 Å². The number of ketones is 1. The topological polar surface area (TPSA) is 71.8 Å². The number of nitriles is 1. The third-order valence-electron chi connectivity index (χ3n) is 5.56. The summed E-state index contributed by atoms with van der Waals surface area (Å²) in [6, 6.07) is 14.1. The van der Waals surface area contributed by atoms with Gasteiger partial charge in [-0.15, -0.1) is 0 Å². The van der Waals surface area contributed by atoms with Crippen LogP contribution in [0.25, 0.3) is 17.1 Å². The minimum Gasteiger partial charge on any atom is -0.463 e. The molecular formula is C23H23N3O2. The van der Waals surface area contributed by atoms with Crippen LogP contribution in [-0.2, 0) is 0 Å². The molecule has 2 heterocycles. The van der Waals surface area contributed by atoms with Gasteiger partial charge in [-0.25, -0.2) is 4.68 Å². The number of carbonyl (C=O) groups is 1. The van der Waals surface area contributed by atoms with E-state index >= 15 is 0 Å². The van der Waals surface area contributed by atoms with Crippen LogP contribution in [-0.4, -0.2) is 15.6 Å². The van der Waals surface area contributed by atoms with Crippen LogP contribution in [0.15, 0.2) is 47.1 Å². The second-order valence-corrected chi connectivity index (χ2v) is 8.39. The van der Waals surface area contributed by atoms with E-state index in [1.807, 2.05) is 26.0 Å². The maximum Gasteiger partial charge on any atom is 0.167 e. The molecule has 142 valence electrons. The van der Waals surface area contributed by atoms with Crippen LogP contribution in [0.5, 0.6) is 0 Å². The van der Waals surface area contributed by atoms with Gasteiger partial charge in [0.25, 0.3) is 0 Å². The number of carbonyl (C=O) groups excluding carboxylic acids is 1. The van der Waals surface area contributed by atoms with Crippen molar-refractivity contribution in [2.24, 2.45) is 5.41 Å². The van der Waals surface area contributed by atoms with Crippen molar-refractivity contribution in [1.29, 1.82) is 5.26 Å². The molecule has 1 aromatic carbocycles. The SMILES string of the molecule is CC(C)c1ccc(-n2nc(-c3ccco3)c3c2C(C#N)C(C)(C)CC3=O)cc1. The molecule has 4 rings (SSSR count). The van der Waals surface area contributed by atoms with E-state index in [1.54, 1.807) is 23.1 Å². The van der Waals surface area contributed by atoms with E-state index < -0.39 is 11.3 Å². The lowest BCUT2D eigenvalue weighted by molar-refractivity contribution is 0.0900. The van der Waals surface area contributed by atoms with Gasteiger partial charge in [-0.2, -0.15) is 10.4 Å². The number of hydrogen-bond acceptors (Lipinski definition) is 4. The van der Waals surface area contributed by atoms with E-state index in [9.17, 15) is 10.1 Å². The Morgan fingerprint density at radius 3 is 2.54 bits per heavy atom. The van der Waals surface area contributed by atoms with Crippen LogP contribution in [0.2, 0.25) is 0 Å². The molecule has 28 heavy (non-hydrogen) atoms. The van der Waals surface area contributed by atoms with Gasteiger partial charge in [0.2, 0.25) is 0 Å². The molecule has 1 atom stereocenters. The smallest absolute Gasteiger partial charge is 0.167 e. The molecule has 5 heteroatoms. The molecule has 2 aromatic heterocycles. The molecule has 0 saturated carbocycles. The predicted octanol–water partition coefficient (Wildman–Crippen LogP) is 5.48. The Morgan fingerprint density at radius 1 is 1.25 bits per heavy atom. The summed E-state index contributed by atoms with van der Waals surface area (Å²) in [7, 11) is 0. The second kappa shape index (κ2) is 6.49. The van der Waals surface area contributed by atoms with Gasteiger partial charge < -0.3 is 4.42 Å². The first-order valence-corrected chi connectivity index (χ1v) is 9.53. The van der Waals surface area contributed by atoms with Crippen LogP contribution in [0.4, 0.5) is 0 Å². The van der Waals surface area contributed by atoms with Crippen LogP contribution >= 0.6 is 0 Å². The molecular weight excluding hydrogens is 350 g/mol. The summed E-state index contributed by atoms with van der Waals surface area (Å²) < 4.78 is 7.30. The largest absolute Gasteiger partial charge is 0.463 e. The number of Topliss-reactive ketones (excluding diaryl/α,β-unsaturated/α-hetero) is 1. The molecule has 0 aliphatic heterocycles. The Bertz CT molecular complexity index is 1060. The van der Waals surface area contributed by atoms with Crippen LogP contribution in [0.1, 0.15) is 67.6 Å². The monoisotopic (exact) mass is 373 g/mol. The first-order chi connectivity index (χ1) is 13.3. The Hall–Kier alpha value is -3.13. The summed E-state index contributed by atoms with van der Waals surface area (Å²) in [5, 5.41) is 14.7. The Labute approximate surface area is 164 Å². The zero-order valence-electron chi connectivity index (χ0n) is 16.6. The summed E-state index contributed by atoms with van der Waals surface area (Å²) in [5.74, 6) is 0.523. The Morgan fingerprint density at radius 2 is 1.96 bits per heavy atom. The third-order valence-corrected chi connectivity index (χ3v) is 5.56.